The first-order chi connectivity index (χ1) is 13.0. The van der Waals surface area contributed by atoms with E-state index in [1.54, 1.807) is 31.4 Å². The molecule has 1 unspecified atom stereocenters. The van der Waals surface area contributed by atoms with Crippen molar-refractivity contribution in [2.45, 2.75) is 19.3 Å². The highest BCUT2D eigenvalue weighted by molar-refractivity contribution is 8.05. The molecule has 7 heteroatoms. The highest BCUT2D eigenvalue weighted by Crippen LogP contribution is 2.34. The lowest BCUT2D eigenvalue weighted by atomic mass is 10.2. The molecule has 0 aliphatic carbocycles. The molecule has 1 aliphatic rings. The first-order valence-corrected chi connectivity index (χ1v) is 9.44. The fourth-order valence-corrected chi connectivity index (χ4v) is 3.66. The van der Waals surface area contributed by atoms with Crippen LogP contribution in [0.2, 0.25) is 0 Å². The number of phenols is 1. The average molecular weight is 386 g/mol. The second-order valence-electron chi connectivity index (χ2n) is 5.99. The Balaban J connectivity index is 1.77. The van der Waals surface area contributed by atoms with E-state index in [4.69, 9.17) is 9.47 Å². The molecular weight excluding hydrogens is 364 g/mol. The van der Waals surface area contributed by atoms with Gasteiger partial charge in [-0.2, -0.15) is 0 Å². The molecule has 0 aromatic heterocycles. The molecule has 3 rings (SSSR count). The number of carbonyl (C=O) groups excluding carboxylic acids is 1. The van der Waals surface area contributed by atoms with Gasteiger partial charge in [0.1, 0.15) is 5.75 Å². The SMILES string of the molecule is CCOc1cc(/C=C2\SC(Nc3cc(C)ccc3OC)NC2=O)ccc1O. The summed E-state index contributed by atoms with van der Waals surface area (Å²) in [6.07, 6.45) is 1.77. The second-order valence-corrected chi connectivity index (χ2v) is 7.14. The minimum absolute atomic E-state index is 0.0774. The number of amides is 1. The summed E-state index contributed by atoms with van der Waals surface area (Å²) in [5.74, 6) is 1.03. The summed E-state index contributed by atoms with van der Waals surface area (Å²) in [4.78, 5) is 12.9. The van der Waals surface area contributed by atoms with Gasteiger partial charge in [-0.25, -0.2) is 0 Å². The van der Waals surface area contributed by atoms with Crippen molar-refractivity contribution in [3.8, 4) is 17.2 Å². The number of benzene rings is 2. The number of anilines is 1. The lowest BCUT2D eigenvalue weighted by molar-refractivity contribution is -0.116. The predicted octanol–water partition coefficient (Wildman–Crippen LogP) is 3.71. The van der Waals surface area contributed by atoms with Crippen molar-refractivity contribution >= 4 is 29.4 Å². The average Bonchev–Trinajstić information content (AvgIpc) is 2.97. The van der Waals surface area contributed by atoms with E-state index in [-0.39, 0.29) is 17.2 Å². The van der Waals surface area contributed by atoms with Crippen LogP contribution in [0.4, 0.5) is 5.69 Å². The van der Waals surface area contributed by atoms with Crippen molar-refractivity contribution in [1.29, 1.82) is 0 Å². The Morgan fingerprint density at radius 3 is 2.81 bits per heavy atom. The molecule has 3 N–H and O–H groups in total. The molecule has 1 heterocycles. The monoisotopic (exact) mass is 386 g/mol. The number of hydrogen-bond donors (Lipinski definition) is 3. The van der Waals surface area contributed by atoms with E-state index < -0.39 is 0 Å². The van der Waals surface area contributed by atoms with Crippen LogP contribution in [-0.2, 0) is 4.79 Å². The van der Waals surface area contributed by atoms with E-state index in [1.165, 1.54) is 11.8 Å². The van der Waals surface area contributed by atoms with Gasteiger partial charge in [0, 0.05) is 0 Å². The molecule has 0 bridgehead atoms. The van der Waals surface area contributed by atoms with Crippen molar-refractivity contribution in [3.63, 3.8) is 0 Å². The van der Waals surface area contributed by atoms with Gasteiger partial charge in [-0.3, -0.25) is 4.79 Å². The number of rotatable bonds is 6. The summed E-state index contributed by atoms with van der Waals surface area (Å²) in [5, 5.41) is 16.0. The Morgan fingerprint density at radius 2 is 2.07 bits per heavy atom. The van der Waals surface area contributed by atoms with Gasteiger partial charge in [0.15, 0.2) is 17.0 Å². The highest BCUT2D eigenvalue weighted by atomic mass is 32.2. The van der Waals surface area contributed by atoms with Crippen LogP contribution in [0.15, 0.2) is 41.3 Å². The summed E-state index contributed by atoms with van der Waals surface area (Å²) in [6, 6.07) is 10.8. The minimum Gasteiger partial charge on any atom is -0.504 e. The van der Waals surface area contributed by atoms with Crippen molar-refractivity contribution in [3.05, 3.63) is 52.4 Å². The third kappa shape index (κ3) is 4.49. The molecule has 0 radical (unpaired) electrons. The zero-order valence-electron chi connectivity index (χ0n) is 15.4. The molecule has 1 aliphatic heterocycles. The normalized spacial score (nSPS) is 17.7. The van der Waals surface area contributed by atoms with Crippen molar-refractivity contribution in [2.75, 3.05) is 19.0 Å². The Labute approximate surface area is 162 Å². The largest absolute Gasteiger partial charge is 0.504 e. The molecule has 27 heavy (non-hydrogen) atoms. The van der Waals surface area contributed by atoms with E-state index in [9.17, 15) is 9.90 Å². The molecular formula is C20H22N2O4S. The summed E-state index contributed by atoms with van der Waals surface area (Å²) in [7, 11) is 1.61. The Bertz CT molecular complexity index is 882. The molecule has 1 amide bonds. The first-order valence-electron chi connectivity index (χ1n) is 8.56. The van der Waals surface area contributed by atoms with Gasteiger partial charge in [-0.15, -0.1) is 0 Å². The standard InChI is InChI=1S/C20H22N2O4S/c1-4-26-17-10-13(6-7-15(17)23)11-18-19(24)22-20(27-18)21-14-9-12(2)5-8-16(14)25-3/h5-11,20-21,23H,4H2,1-3H3,(H,22,24)/b18-11-. The number of phenolic OH excluding ortho intramolecular Hbond substituents is 1. The summed E-state index contributed by atoms with van der Waals surface area (Å²) < 4.78 is 10.8. The lowest BCUT2D eigenvalue weighted by Gasteiger charge is -2.16. The van der Waals surface area contributed by atoms with E-state index in [0.717, 1.165) is 16.8 Å². The Morgan fingerprint density at radius 1 is 1.26 bits per heavy atom. The summed E-state index contributed by atoms with van der Waals surface area (Å²) in [6.45, 7) is 4.30. The number of carbonyl (C=O) groups is 1. The van der Waals surface area contributed by atoms with Crippen LogP contribution in [0.25, 0.3) is 6.08 Å². The van der Waals surface area contributed by atoms with Crippen LogP contribution in [0, 0.1) is 6.92 Å². The Kier molecular flexibility index (Phi) is 5.81. The topological polar surface area (TPSA) is 79.8 Å². The molecule has 1 saturated heterocycles. The van der Waals surface area contributed by atoms with Gasteiger partial charge in [-0.1, -0.05) is 23.9 Å². The molecule has 142 valence electrons. The summed E-state index contributed by atoms with van der Waals surface area (Å²) in [5.41, 5.74) is 2.39. The van der Waals surface area contributed by atoms with Crippen LogP contribution in [0.1, 0.15) is 18.1 Å². The fraction of sp³-hybridized carbons (Fsp3) is 0.250. The van der Waals surface area contributed by atoms with Gasteiger partial charge >= 0.3 is 0 Å². The lowest BCUT2D eigenvalue weighted by Crippen LogP contribution is -2.31. The molecule has 1 fully saturated rings. The van der Waals surface area contributed by atoms with Crippen LogP contribution >= 0.6 is 11.8 Å². The quantitative estimate of drug-likeness (QED) is 0.657. The number of methoxy groups -OCH3 is 1. The minimum atomic E-state index is -0.303. The number of thioether (sulfide) groups is 1. The van der Waals surface area contributed by atoms with E-state index >= 15 is 0 Å². The molecule has 0 saturated carbocycles. The maximum Gasteiger partial charge on any atom is 0.260 e. The van der Waals surface area contributed by atoms with Crippen molar-refractivity contribution in [2.24, 2.45) is 0 Å². The van der Waals surface area contributed by atoms with E-state index in [0.29, 0.717) is 23.0 Å². The predicted molar refractivity (Wildman–Crippen MR) is 108 cm³/mol. The zero-order valence-corrected chi connectivity index (χ0v) is 16.2. The Hall–Kier alpha value is -2.80. The van der Waals surface area contributed by atoms with E-state index in [1.807, 2.05) is 32.0 Å². The number of aryl methyl sites for hydroxylation is 1. The van der Waals surface area contributed by atoms with Gasteiger partial charge in [0.25, 0.3) is 5.91 Å². The van der Waals surface area contributed by atoms with Crippen LogP contribution in [-0.4, -0.2) is 30.2 Å². The van der Waals surface area contributed by atoms with Gasteiger partial charge in [-0.05, 0) is 55.3 Å². The number of nitrogens with one attached hydrogen (secondary N) is 2. The number of hydrogen-bond acceptors (Lipinski definition) is 6. The van der Waals surface area contributed by atoms with Crippen LogP contribution in [0.3, 0.4) is 0 Å². The molecule has 2 aromatic carbocycles. The molecule has 1 atom stereocenters. The number of ether oxygens (including phenoxy) is 2. The molecule has 0 spiro atoms. The van der Waals surface area contributed by atoms with E-state index in [2.05, 4.69) is 10.6 Å². The maximum atomic E-state index is 12.3. The smallest absolute Gasteiger partial charge is 0.260 e. The number of aromatic hydroxyl groups is 1. The van der Waals surface area contributed by atoms with Crippen LogP contribution in [0.5, 0.6) is 17.2 Å². The van der Waals surface area contributed by atoms with Gasteiger partial charge in [0.05, 0.1) is 24.3 Å². The highest BCUT2D eigenvalue weighted by Gasteiger charge is 2.27. The zero-order chi connectivity index (χ0) is 19.4. The van der Waals surface area contributed by atoms with Gasteiger partial charge < -0.3 is 25.2 Å². The molecule has 2 aromatic rings. The fourth-order valence-electron chi connectivity index (χ4n) is 2.68. The van der Waals surface area contributed by atoms with Crippen molar-refractivity contribution in [1.82, 2.24) is 5.32 Å². The molecule has 6 nitrogen and oxygen atoms in total. The summed E-state index contributed by atoms with van der Waals surface area (Å²) >= 11 is 1.39. The third-order valence-corrected chi connectivity index (χ3v) is 4.98. The van der Waals surface area contributed by atoms with Crippen LogP contribution < -0.4 is 20.1 Å². The first kappa shape index (κ1) is 19.0. The third-order valence-electron chi connectivity index (χ3n) is 3.95. The maximum absolute atomic E-state index is 12.3. The van der Waals surface area contributed by atoms with Gasteiger partial charge in [0.2, 0.25) is 0 Å². The second kappa shape index (κ2) is 8.26. The van der Waals surface area contributed by atoms with Crippen molar-refractivity contribution < 1.29 is 19.4 Å².